The fourth-order valence-corrected chi connectivity index (χ4v) is 5.17. The number of carbonyl (C=O) groups is 4. The summed E-state index contributed by atoms with van der Waals surface area (Å²) in [6.45, 7) is 7.92. The van der Waals surface area contributed by atoms with E-state index in [1.54, 1.807) is 12.1 Å². The Balaban J connectivity index is 1.54. The van der Waals surface area contributed by atoms with Crippen LogP contribution in [-0.2, 0) is 25.5 Å². The molecule has 2 aromatic carbocycles. The van der Waals surface area contributed by atoms with Crippen molar-refractivity contribution in [3.8, 4) is 11.1 Å². The van der Waals surface area contributed by atoms with Crippen molar-refractivity contribution in [2.75, 3.05) is 13.7 Å². The maximum absolute atomic E-state index is 13.0. The van der Waals surface area contributed by atoms with Crippen molar-refractivity contribution in [1.29, 1.82) is 0 Å². The molecular weight excluding hydrogens is 510 g/mol. The summed E-state index contributed by atoms with van der Waals surface area (Å²) in [5.74, 6) is -2.05. The molecule has 0 aromatic heterocycles. The summed E-state index contributed by atoms with van der Waals surface area (Å²) in [5.41, 5.74) is 3.56. The predicted octanol–water partition coefficient (Wildman–Crippen LogP) is 5.98. The van der Waals surface area contributed by atoms with Crippen LogP contribution in [0.3, 0.4) is 0 Å². The van der Waals surface area contributed by atoms with Gasteiger partial charge in [0, 0.05) is 18.9 Å². The molecule has 1 amide bonds. The van der Waals surface area contributed by atoms with Gasteiger partial charge in [0.2, 0.25) is 0 Å². The average Bonchev–Trinajstić information content (AvgIpc) is 2.91. The van der Waals surface area contributed by atoms with Crippen molar-refractivity contribution < 1.29 is 33.8 Å². The Morgan fingerprint density at radius 2 is 1.65 bits per heavy atom. The third kappa shape index (κ3) is 8.93. The third-order valence-corrected chi connectivity index (χ3v) is 7.44. The van der Waals surface area contributed by atoms with Crippen LogP contribution in [0.15, 0.2) is 42.5 Å². The number of aliphatic carboxylic acids is 1. The summed E-state index contributed by atoms with van der Waals surface area (Å²) in [4.78, 5) is 48.9. The van der Waals surface area contributed by atoms with Gasteiger partial charge in [0.25, 0.3) is 0 Å². The Morgan fingerprint density at radius 3 is 2.23 bits per heavy atom. The van der Waals surface area contributed by atoms with Gasteiger partial charge in [0.05, 0.1) is 18.6 Å². The Labute approximate surface area is 236 Å². The number of Topliss-reactive ketones (excluding diaryl/α,β-unsaturated/α-hetero) is 1. The molecule has 0 aliphatic heterocycles. The number of carboxylic acids is 1. The highest BCUT2D eigenvalue weighted by Crippen LogP contribution is 2.31. The number of hydrogen-bond donors (Lipinski definition) is 2. The molecule has 1 atom stereocenters. The Hall–Kier alpha value is -3.68. The van der Waals surface area contributed by atoms with Crippen LogP contribution >= 0.6 is 0 Å². The number of ether oxygens (including phenoxy) is 2. The van der Waals surface area contributed by atoms with Crippen LogP contribution < -0.4 is 5.32 Å². The SMILES string of the molecule is COC(=O)c1ccc(C)c(-c2ccc(C[C@H](CC(=O)C3CCC(CNC(=O)OC(C)(C)C)CC3)C(=O)O)cc2)c1. The number of amides is 1. The largest absolute Gasteiger partial charge is 0.481 e. The van der Waals surface area contributed by atoms with Gasteiger partial charge in [-0.15, -0.1) is 0 Å². The Bertz CT molecular complexity index is 1200. The second kappa shape index (κ2) is 13.6. The van der Waals surface area contributed by atoms with Gasteiger partial charge in [-0.3, -0.25) is 9.59 Å². The van der Waals surface area contributed by atoms with Crippen LogP contribution in [0.2, 0.25) is 0 Å². The molecule has 1 fully saturated rings. The lowest BCUT2D eigenvalue weighted by Gasteiger charge is -2.29. The van der Waals surface area contributed by atoms with Crippen molar-refractivity contribution in [1.82, 2.24) is 5.32 Å². The predicted molar refractivity (Wildman–Crippen MR) is 152 cm³/mol. The summed E-state index contributed by atoms with van der Waals surface area (Å²) in [5, 5.41) is 12.7. The number of rotatable bonds is 10. The fourth-order valence-electron chi connectivity index (χ4n) is 5.17. The van der Waals surface area contributed by atoms with Crippen molar-refractivity contribution in [3.05, 3.63) is 59.2 Å². The van der Waals surface area contributed by atoms with E-state index < -0.39 is 29.6 Å². The number of carbonyl (C=O) groups excluding carboxylic acids is 3. The minimum absolute atomic E-state index is 0.00202. The molecule has 0 heterocycles. The molecule has 0 saturated heterocycles. The summed E-state index contributed by atoms with van der Waals surface area (Å²) in [7, 11) is 1.35. The van der Waals surface area contributed by atoms with Gasteiger partial charge in [0.1, 0.15) is 11.4 Å². The topological polar surface area (TPSA) is 119 Å². The Morgan fingerprint density at radius 1 is 1.00 bits per heavy atom. The summed E-state index contributed by atoms with van der Waals surface area (Å²) < 4.78 is 10.1. The first-order valence-corrected chi connectivity index (χ1v) is 13.9. The molecule has 2 aromatic rings. The lowest BCUT2D eigenvalue weighted by Crippen LogP contribution is -2.36. The van der Waals surface area contributed by atoms with Gasteiger partial charge in [-0.2, -0.15) is 0 Å². The minimum atomic E-state index is -0.978. The monoisotopic (exact) mass is 551 g/mol. The third-order valence-electron chi connectivity index (χ3n) is 7.44. The van der Waals surface area contributed by atoms with E-state index in [-0.39, 0.29) is 30.5 Å². The molecule has 1 saturated carbocycles. The van der Waals surface area contributed by atoms with Gasteiger partial charge in [-0.1, -0.05) is 30.3 Å². The van der Waals surface area contributed by atoms with Crippen LogP contribution in [0.4, 0.5) is 4.79 Å². The zero-order chi connectivity index (χ0) is 29.4. The number of hydrogen-bond acceptors (Lipinski definition) is 6. The van der Waals surface area contributed by atoms with E-state index in [0.29, 0.717) is 24.9 Å². The van der Waals surface area contributed by atoms with E-state index in [4.69, 9.17) is 9.47 Å². The molecule has 3 rings (SSSR count). The molecule has 8 nitrogen and oxygen atoms in total. The van der Waals surface area contributed by atoms with Crippen LogP contribution in [0.5, 0.6) is 0 Å². The first-order chi connectivity index (χ1) is 18.9. The molecule has 40 heavy (non-hydrogen) atoms. The maximum Gasteiger partial charge on any atom is 0.407 e. The van der Waals surface area contributed by atoms with Gasteiger partial charge in [-0.25, -0.2) is 9.59 Å². The lowest BCUT2D eigenvalue weighted by molar-refractivity contribution is -0.144. The zero-order valence-electron chi connectivity index (χ0n) is 24.1. The molecule has 0 bridgehead atoms. The van der Waals surface area contributed by atoms with E-state index in [1.807, 2.05) is 58.0 Å². The van der Waals surface area contributed by atoms with Crippen LogP contribution in [0.25, 0.3) is 11.1 Å². The molecule has 8 heteroatoms. The van der Waals surface area contributed by atoms with Gasteiger partial charge in [0.15, 0.2) is 0 Å². The first-order valence-electron chi connectivity index (χ1n) is 13.9. The zero-order valence-corrected chi connectivity index (χ0v) is 24.1. The molecule has 0 unspecified atom stereocenters. The molecule has 2 N–H and O–H groups in total. The smallest absolute Gasteiger partial charge is 0.407 e. The van der Waals surface area contributed by atoms with Crippen molar-refractivity contribution >= 4 is 23.8 Å². The van der Waals surface area contributed by atoms with Gasteiger partial charge < -0.3 is 19.9 Å². The number of esters is 1. The van der Waals surface area contributed by atoms with Crippen LogP contribution in [0.1, 0.15) is 74.4 Å². The van der Waals surface area contributed by atoms with Crippen LogP contribution in [0, 0.1) is 24.7 Å². The lowest BCUT2D eigenvalue weighted by atomic mass is 9.77. The molecular formula is C32H41NO7. The second-order valence-corrected chi connectivity index (χ2v) is 11.7. The van der Waals surface area contributed by atoms with E-state index in [9.17, 15) is 24.3 Å². The maximum atomic E-state index is 13.0. The van der Waals surface area contributed by atoms with E-state index in [1.165, 1.54) is 7.11 Å². The van der Waals surface area contributed by atoms with Crippen molar-refractivity contribution in [3.63, 3.8) is 0 Å². The molecule has 1 aliphatic rings. The molecule has 0 radical (unpaired) electrons. The standard InChI is InChI=1S/C32H41NO7/c1-20-6-11-25(30(37)39-5)17-27(20)23-12-7-21(8-13-23)16-26(29(35)36)18-28(34)24-14-9-22(10-15-24)19-33-31(38)40-32(2,3)4/h6-8,11-13,17,22,24,26H,9-10,14-16,18-19H2,1-5H3,(H,33,38)(H,35,36)/t22?,24?,26-/m1/s1. The quantitative estimate of drug-likeness (QED) is 0.349. The normalized spacial score (nSPS) is 17.9. The Kier molecular flexibility index (Phi) is 10.5. The number of alkyl carbamates (subject to hydrolysis) is 1. The van der Waals surface area contributed by atoms with Crippen LogP contribution in [-0.4, -0.2) is 48.2 Å². The van der Waals surface area contributed by atoms with E-state index >= 15 is 0 Å². The molecule has 1 aliphatic carbocycles. The average molecular weight is 552 g/mol. The second-order valence-electron chi connectivity index (χ2n) is 11.7. The summed E-state index contributed by atoms with van der Waals surface area (Å²) >= 11 is 0. The number of methoxy groups -OCH3 is 1. The minimum Gasteiger partial charge on any atom is -0.481 e. The van der Waals surface area contributed by atoms with Gasteiger partial charge >= 0.3 is 18.0 Å². The number of carboxylic acid groups (broad SMARTS) is 1. The number of benzene rings is 2. The number of nitrogens with one attached hydrogen (secondary N) is 1. The van der Waals surface area contributed by atoms with Crippen molar-refractivity contribution in [2.45, 2.75) is 71.8 Å². The molecule has 216 valence electrons. The van der Waals surface area contributed by atoms with E-state index in [2.05, 4.69) is 5.32 Å². The molecule has 0 spiro atoms. The number of ketones is 1. The highest BCUT2D eigenvalue weighted by Gasteiger charge is 2.30. The van der Waals surface area contributed by atoms with Crippen molar-refractivity contribution in [2.24, 2.45) is 17.8 Å². The fraction of sp³-hybridized carbons (Fsp3) is 0.500. The number of aryl methyl sites for hydroxylation is 1. The van der Waals surface area contributed by atoms with Gasteiger partial charge in [-0.05, 0) is 100 Å². The van der Waals surface area contributed by atoms with E-state index in [0.717, 1.165) is 35.1 Å². The summed E-state index contributed by atoms with van der Waals surface area (Å²) in [6, 6.07) is 13.0. The summed E-state index contributed by atoms with van der Waals surface area (Å²) in [6.07, 6.45) is 2.84. The first kappa shape index (κ1) is 30.9. The highest BCUT2D eigenvalue weighted by molar-refractivity contribution is 5.91. The highest BCUT2D eigenvalue weighted by atomic mass is 16.6.